The minimum atomic E-state index is 0.315. The maximum Gasteiger partial charge on any atom is 0.0254 e. The molecule has 2 aromatic carbocycles. The Morgan fingerprint density at radius 1 is 0.905 bits per heavy atom. The highest BCUT2D eigenvalue weighted by Crippen LogP contribution is 2.16. The molecule has 0 saturated heterocycles. The molecule has 2 aromatic rings. The highest BCUT2D eigenvalue weighted by molar-refractivity contribution is 5.25. The predicted molar refractivity (Wildman–Crippen MR) is 90.1 cm³/mol. The van der Waals surface area contributed by atoms with Crippen molar-refractivity contribution in [3.8, 4) is 0 Å². The molecule has 0 saturated carbocycles. The van der Waals surface area contributed by atoms with Gasteiger partial charge in [-0.3, -0.25) is 11.3 Å². The normalized spacial score (nSPS) is 12.6. The second kappa shape index (κ2) is 7.96. The Kier molecular flexibility index (Phi) is 5.97. The fraction of sp³-hybridized carbons (Fsp3) is 0.368. The highest BCUT2D eigenvalue weighted by atomic mass is 15.2. The Morgan fingerprint density at radius 2 is 1.57 bits per heavy atom. The summed E-state index contributed by atoms with van der Waals surface area (Å²) in [7, 11) is 0. The maximum absolute atomic E-state index is 5.71. The zero-order chi connectivity index (χ0) is 15.1. The molecule has 0 aromatic heterocycles. The van der Waals surface area contributed by atoms with Crippen molar-refractivity contribution in [2.24, 2.45) is 5.84 Å². The van der Waals surface area contributed by atoms with E-state index in [0.717, 1.165) is 19.3 Å². The van der Waals surface area contributed by atoms with E-state index in [9.17, 15) is 0 Å². The molecule has 2 nitrogen and oxygen atoms in total. The van der Waals surface area contributed by atoms with Crippen LogP contribution in [0.1, 0.15) is 42.9 Å². The third-order valence-electron chi connectivity index (χ3n) is 3.99. The molecular weight excluding hydrogens is 256 g/mol. The van der Waals surface area contributed by atoms with Crippen LogP contribution in [0.15, 0.2) is 54.6 Å². The van der Waals surface area contributed by atoms with Crippen LogP contribution in [0.4, 0.5) is 0 Å². The minimum absolute atomic E-state index is 0.315. The number of hydrogen-bond acceptors (Lipinski definition) is 2. The van der Waals surface area contributed by atoms with Crippen LogP contribution in [-0.4, -0.2) is 6.04 Å². The van der Waals surface area contributed by atoms with Crippen LogP contribution in [0.3, 0.4) is 0 Å². The van der Waals surface area contributed by atoms with E-state index in [-0.39, 0.29) is 0 Å². The quantitative estimate of drug-likeness (QED) is 0.598. The first-order valence-electron chi connectivity index (χ1n) is 7.78. The Labute approximate surface area is 128 Å². The lowest BCUT2D eigenvalue weighted by atomic mass is 9.97. The topological polar surface area (TPSA) is 38.0 Å². The Balaban J connectivity index is 1.89. The van der Waals surface area contributed by atoms with E-state index in [1.807, 2.05) is 0 Å². The van der Waals surface area contributed by atoms with Gasteiger partial charge in [0, 0.05) is 6.04 Å². The van der Waals surface area contributed by atoms with Gasteiger partial charge in [0.25, 0.3) is 0 Å². The lowest BCUT2D eigenvalue weighted by Crippen LogP contribution is -2.37. The molecule has 21 heavy (non-hydrogen) atoms. The molecule has 0 spiro atoms. The number of hydrazine groups is 1. The van der Waals surface area contributed by atoms with Crippen LogP contribution >= 0.6 is 0 Å². The van der Waals surface area contributed by atoms with Crippen LogP contribution in [0.2, 0.25) is 0 Å². The molecule has 1 atom stereocenters. The number of hydrogen-bond donors (Lipinski definition) is 2. The van der Waals surface area contributed by atoms with Crippen molar-refractivity contribution < 1.29 is 0 Å². The zero-order valence-corrected chi connectivity index (χ0v) is 13.0. The van der Waals surface area contributed by atoms with Gasteiger partial charge in [0.2, 0.25) is 0 Å². The average molecular weight is 282 g/mol. The van der Waals surface area contributed by atoms with E-state index < -0.39 is 0 Å². The van der Waals surface area contributed by atoms with Gasteiger partial charge >= 0.3 is 0 Å². The second-order valence-corrected chi connectivity index (χ2v) is 5.99. The summed E-state index contributed by atoms with van der Waals surface area (Å²) in [6.07, 6.45) is 3.08. The minimum Gasteiger partial charge on any atom is -0.271 e. The van der Waals surface area contributed by atoms with Crippen LogP contribution in [-0.2, 0) is 12.8 Å². The molecular formula is C19H26N2. The van der Waals surface area contributed by atoms with Crippen molar-refractivity contribution in [3.05, 3.63) is 71.3 Å². The number of nitrogens with one attached hydrogen (secondary N) is 1. The molecule has 1 unspecified atom stereocenters. The van der Waals surface area contributed by atoms with Crippen molar-refractivity contribution in [3.63, 3.8) is 0 Å². The van der Waals surface area contributed by atoms with E-state index in [2.05, 4.69) is 73.9 Å². The molecule has 0 aliphatic heterocycles. The Bertz CT molecular complexity index is 517. The fourth-order valence-corrected chi connectivity index (χ4v) is 2.55. The summed E-state index contributed by atoms with van der Waals surface area (Å²) < 4.78 is 0. The van der Waals surface area contributed by atoms with Crippen molar-refractivity contribution >= 4 is 0 Å². The van der Waals surface area contributed by atoms with Crippen molar-refractivity contribution in [1.29, 1.82) is 0 Å². The van der Waals surface area contributed by atoms with Gasteiger partial charge in [-0.2, -0.15) is 0 Å². The van der Waals surface area contributed by atoms with Gasteiger partial charge in [-0.15, -0.1) is 0 Å². The summed E-state index contributed by atoms with van der Waals surface area (Å²) in [6, 6.07) is 19.8. The van der Waals surface area contributed by atoms with Crippen molar-refractivity contribution in [2.75, 3.05) is 0 Å². The van der Waals surface area contributed by atoms with Gasteiger partial charge in [-0.05, 0) is 41.9 Å². The summed E-state index contributed by atoms with van der Waals surface area (Å²) in [4.78, 5) is 0. The second-order valence-electron chi connectivity index (χ2n) is 5.99. The lowest BCUT2D eigenvalue weighted by molar-refractivity contribution is 0.491. The van der Waals surface area contributed by atoms with E-state index in [1.54, 1.807) is 0 Å². The van der Waals surface area contributed by atoms with Gasteiger partial charge < -0.3 is 0 Å². The average Bonchev–Trinajstić information content (AvgIpc) is 2.53. The molecule has 2 rings (SSSR count). The first-order chi connectivity index (χ1) is 10.2. The fourth-order valence-electron chi connectivity index (χ4n) is 2.55. The predicted octanol–water partition coefficient (Wildman–Crippen LogP) is 3.82. The maximum atomic E-state index is 5.71. The molecule has 0 aliphatic carbocycles. The number of benzene rings is 2. The van der Waals surface area contributed by atoms with E-state index in [1.165, 1.54) is 16.7 Å². The molecule has 0 amide bonds. The van der Waals surface area contributed by atoms with E-state index >= 15 is 0 Å². The van der Waals surface area contributed by atoms with Gasteiger partial charge in [0.15, 0.2) is 0 Å². The number of rotatable bonds is 7. The Hall–Kier alpha value is -1.64. The standard InChI is InChI=1S/C19H26N2/c1-15(2)18-11-8-17(9-12-18)14-19(21-20)13-10-16-6-4-3-5-7-16/h3-9,11-12,15,19,21H,10,13-14,20H2,1-2H3. The molecule has 0 radical (unpaired) electrons. The van der Waals surface area contributed by atoms with Gasteiger partial charge in [0.05, 0.1) is 0 Å². The SMILES string of the molecule is CC(C)c1ccc(CC(CCc2ccccc2)NN)cc1. The van der Waals surface area contributed by atoms with Crippen LogP contribution in [0.5, 0.6) is 0 Å². The van der Waals surface area contributed by atoms with E-state index in [4.69, 9.17) is 5.84 Å². The summed E-state index contributed by atoms with van der Waals surface area (Å²) in [5.74, 6) is 6.30. The van der Waals surface area contributed by atoms with Crippen molar-refractivity contribution in [1.82, 2.24) is 5.43 Å². The summed E-state index contributed by atoms with van der Waals surface area (Å²) in [6.45, 7) is 4.44. The first kappa shape index (κ1) is 15.7. The molecule has 2 heteroatoms. The summed E-state index contributed by atoms with van der Waals surface area (Å²) >= 11 is 0. The monoisotopic (exact) mass is 282 g/mol. The third kappa shape index (κ3) is 5.00. The van der Waals surface area contributed by atoms with Gasteiger partial charge in [-0.1, -0.05) is 68.4 Å². The smallest absolute Gasteiger partial charge is 0.0254 e. The largest absolute Gasteiger partial charge is 0.271 e. The summed E-state index contributed by atoms with van der Waals surface area (Å²) in [5.41, 5.74) is 7.06. The molecule has 0 heterocycles. The van der Waals surface area contributed by atoms with Gasteiger partial charge in [0.1, 0.15) is 0 Å². The summed E-state index contributed by atoms with van der Waals surface area (Å²) in [5, 5.41) is 0. The van der Waals surface area contributed by atoms with Crippen LogP contribution in [0.25, 0.3) is 0 Å². The molecule has 112 valence electrons. The Morgan fingerprint density at radius 3 is 2.14 bits per heavy atom. The zero-order valence-electron chi connectivity index (χ0n) is 13.0. The van der Waals surface area contributed by atoms with Crippen LogP contribution < -0.4 is 11.3 Å². The molecule has 0 bridgehead atoms. The van der Waals surface area contributed by atoms with E-state index in [0.29, 0.717) is 12.0 Å². The number of aryl methyl sites for hydroxylation is 1. The molecule has 0 fully saturated rings. The van der Waals surface area contributed by atoms with Crippen molar-refractivity contribution in [2.45, 2.75) is 45.1 Å². The molecule has 3 N–H and O–H groups in total. The van der Waals surface area contributed by atoms with Crippen LogP contribution in [0, 0.1) is 0 Å². The van der Waals surface area contributed by atoms with Gasteiger partial charge in [-0.25, -0.2) is 0 Å². The first-order valence-corrected chi connectivity index (χ1v) is 7.78. The molecule has 0 aliphatic rings. The highest BCUT2D eigenvalue weighted by Gasteiger charge is 2.08. The third-order valence-corrected chi connectivity index (χ3v) is 3.99. The number of nitrogens with two attached hydrogens (primary N) is 1. The lowest BCUT2D eigenvalue weighted by Gasteiger charge is -2.16.